The number of allylic oxidation sites excluding steroid dienone is 2. The van der Waals surface area contributed by atoms with Crippen molar-refractivity contribution in [2.75, 3.05) is 0 Å². The number of hydrogen-bond donors (Lipinski definition) is 2. The first kappa shape index (κ1) is 12.2. The summed E-state index contributed by atoms with van der Waals surface area (Å²) >= 11 is 4.74. The highest BCUT2D eigenvalue weighted by Crippen LogP contribution is 2.27. The van der Waals surface area contributed by atoms with E-state index in [0.29, 0.717) is 5.92 Å². The molecule has 1 fully saturated rings. The minimum absolute atomic E-state index is 0.230. The maximum atomic E-state index is 5.36. The lowest BCUT2D eigenvalue weighted by atomic mass is 9.84. The first-order valence-corrected chi connectivity index (χ1v) is 5.70. The Morgan fingerprint density at radius 2 is 2.20 bits per heavy atom. The van der Waals surface area contributed by atoms with Crippen molar-refractivity contribution >= 4 is 23.0 Å². The Labute approximate surface area is 96.8 Å². The van der Waals surface area contributed by atoms with E-state index in [-0.39, 0.29) is 5.11 Å². The molecule has 0 bridgehead atoms. The summed E-state index contributed by atoms with van der Waals surface area (Å²) in [6.07, 6.45) is 3.37. The van der Waals surface area contributed by atoms with Crippen molar-refractivity contribution in [3.8, 4) is 0 Å². The lowest BCUT2D eigenvalue weighted by Crippen LogP contribution is -2.27. The summed E-state index contributed by atoms with van der Waals surface area (Å²) in [6, 6.07) is 0. The van der Waals surface area contributed by atoms with Gasteiger partial charge in [0.15, 0.2) is 5.11 Å². The molecular weight excluding hydrogens is 206 g/mol. The van der Waals surface area contributed by atoms with Gasteiger partial charge in [-0.05, 0) is 56.8 Å². The van der Waals surface area contributed by atoms with Gasteiger partial charge in [0, 0.05) is 0 Å². The highest BCUT2D eigenvalue weighted by Gasteiger charge is 2.19. The van der Waals surface area contributed by atoms with E-state index < -0.39 is 0 Å². The van der Waals surface area contributed by atoms with Crippen LogP contribution in [0.1, 0.15) is 40.0 Å². The molecule has 1 aliphatic carbocycles. The Bertz CT molecular complexity index is 314. The average molecular weight is 225 g/mol. The molecule has 1 saturated carbocycles. The lowest BCUT2D eigenvalue weighted by molar-refractivity contribution is 0.531. The third-order valence-electron chi connectivity index (χ3n) is 2.68. The van der Waals surface area contributed by atoms with E-state index in [1.54, 1.807) is 0 Å². The molecule has 0 aromatic carbocycles. The average Bonchev–Trinajstić information content (AvgIpc) is 2.14. The van der Waals surface area contributed by atoms with Gasteiger partial charge >= 0.3 is 0 Å². The monoisotopic (exact) mass is 225 g/mol. The predicted octanol–water partition coefficient (Wildman–Crippen LogP) is 2.33. The smallest absolute Gasteiger partial charge is 0.184 e. The lowest BCUT2D eigenvalue weighted by Gasteiger charge is -2.23. The van der Waals surface area contributed by atoms with Crippen molar-refractivity contribution in [3.05, 3.63) is 11.1 Å². The highest BCUT2D eigenvalue weighted by molar-refractivity contribution is 7.80. The zero-order chi connectivity index (χ0) is 11.4. The molecule has 0 aliphatic heterocycles. The van der Waals surface area contributed by atoms with E-state index in [0.717, 1.165) is 18.6 Å². The molecule has 3 nitrogen and oxygen atoms in total. The van der Waals surface area contributed by atoms with Gasteiger partial charge in [0.1, 0.15) is 0 Å². The third kappa shape index (κ3) is 3.63. The fourth-order valence-electron chi connectivity index (χ4n) is 1.86. The van der Waals surface area contributed by atoms with Gasteiger partial charge in [-0.15, -0.1) is 0 Å². The second-order valence-electron chi connectivity index (χ2n) is 4.36. The van der Waals surface area contributed by atoms with Gasteiger partial charge < -0.3 is 5.73 Å². The van der Waals surface area contributed by atoms with Crippen molar-refractivity contribution in [3.63, 3.8) is 0 Å². The summed E-state index contributed by atoms with van der Waals surface area (Å²) in [5, 5.41) is 4.51. The highest BCUT2D eigenvalue weighted by atomic mass is 32.1. The molecular formula is C11H19N3S. The number of nitrogens with two attached hydrogens (primary N) is 1. The molecule has 1 aliphatic rings. The van der Waals surface area contributed by atoms with Crippen LogP contribution in [0.3, 0.4) is 0 Å². The molecule has 0 spiro atoms. The maximum absolute atomic E-state index is 5.36. The molecule has 0 heterocycles. The Hall–Kier alpha value is -0.900. The molecule has 1 rings (SSSR count). The van der Waals surface area contributed by atoms with Crippen LogP contribution in [0, 0.1) is 5.92 Å². The van der Waals surface area contributed by atoms with Gasteiger partial charge in [-0.1, -0.05) is 12.5 Å². The van der Waals surface area contributed by atoms with E-state index in [4.69, 9.17) is 18.0 Å². The SMILES string of the molecule is CC(C)=C1CCC(C)C/C1=N\NC(N)=S. The van der Waals surface area contributed by atoms with Crippen LogP contribution in [0.2, 0.25) is 0 Å². The summed E-state index contributed by atoms with van der Waals surface area (Å²) in [7, 11) is 0. The molecule has 0 amide bonds. The summed E-state index contributed by atoms with van der Waals surface area (Å²) in [5.74, 6) is 0.694. The van der Waals surface area contributed by atoms with Crippen molar-refractivity contribution < 1.29 is 0 Å². The molecule has 4 heteroatoms. The number of hydrogen-bond acceptors (Lipinski definition) is 2. The molecule has 3 N–H and O–H groups in total. The van der Waals surface area contributed by atoms with Crippen LogP contribution < -0.4 is 11.2 Å². The molecule has 0 saturated heterocycles. The van der Waals surface area contributed by atoms with Crippen LogP contribution in [-0.4, -0.2) is 10.8 Å². The molecule has 0 aromatic rings. The quantitative estimate of drug-likeness (QED) is 0.532. The summed E-state index contributed by atoms with van der Waals surface area (Å²) in [4.78, 5) is 0. The molecule has 1 atom stereocenters. The van der Waals surface area contributed by atoms with Crippen LogP contribution in [-0.2, 0) is 0 Å². The van der Waals surface area contributed by atoms with Crippen molar-refractivity contribution in [1.82, 2.24) is 5.43 Å². The van der Waals surface area contributed by atoms with Crippen molar-refractivity contribution in [2.24, 2.45) is 16.8 Å². The largest absolute Gasteiger partial charge is 0.375 e. The minimum Gasteiger partial charge on any atom is -0.375 e. The molecule has 84 valence electrons. The van der Waals surface area contributed by atoms with Gasteiger partial charge in [-0.2, -0.15) is 5.10 Å². The second kappa shape index (κ2) is 5.26. The van der Waals surface area contributed by atoms with Gasteiger partial charge in [-0.3, -0.25) is 5.43 Å². The van der Waals surface area contributed by atoms with E-state index in [1.165, 1.54) is 17.6 Å². The van der Waals surface area contributed by atoms with Crippen LogP contribution in [0.4, 0.5) is 0 Å². The maximum Gasteiger partial charge on any atom is 0.184 e. The fraction of sp³-hybridized carbons (Fsp3) is 0.636. The molecule has 0 radical (unpaired) electrons. The Kier molecular flexibility index (Phi) is 4.27. The number of thiocarbonyl (C=S) groups is 1. The first-order chi connectivity index (χ1) is 7.00. The summed E-state index contributed by atoms with van der Waals surface area (Å²) in [6.45, 7) is 6.50. The van der Waals surface area contributed by atoms with E-state index >= 15 is 0 Å². The van der Waals surface area contributed by atoms with Gasteiger partial charge in [0.05, 0.1) is 5.71 Å². The van der Waals surface area contributed by atoms with Crippen LogP contribution >= 0.6 is 12.2 Å². The fourth-order valence-corrected chi connectivity index (χ4v) is 1.91. The van der Waals surface area contributed by atoms with Gasteiger partial charge in [0.2, 0.25) is 0 Å². The minimum atomic E-state index is 0.230. The Balaban J connectivity index is 2.84. The topological polar surface area (TPSA) is 50.4 Å². The molecule has 15 heavy (non-hydrogen) atoms. The standard InChI is InChI=1S/C11H19N3S/c1-7(2)9-5-4-8(3)6-10(9)13-14-11(12)15/h8H,4-6H2,1-3H3,(H3,12,14,15)/b13-10+. The first-order valence-electron chi connectivity index (χ1n) is 5.29. The normalized spacial score (nSPS) is 24.1. The second-order valence-corrected chi connectivity index (χ2v) is 4.80. The third-order valence-corrected chi connectivity index (χ3v) is 2.77. The van der Waals surface area contributed by atoms with Crippen LogP contribution in [0.15, 0.2) is 16.2 Å². The van der Waals surface area contributed by atoms with E-state index in [9.17, 15) is 0 Å². The number of nitrogens with one attached hydrogen (secondary N) is 1. The van der Waals surface area contributed by atoms with Crippen LogP contribution in [0.25, 0.3) is 0 Å². The molecule has 1 unspecified atom stereocenters. The number of hydrazone groups is 1. The zero-order valence-electron chi connectivity index (χ0n) is 9.63. The van der Waals surface area contributed by atoms with Crippen LogP contribution in [0.5, 0.6) is 0 Å². The van der Waals surface area contributed by atoms with E-state index in [1.807, 2.05) is 0 Å². The summed E-state index contributed by atoms with van der Waals surface area (Å²) in [5.41, 5.74) is 11.9. The molecule has 0 aromatic heterocycles. The number of nitrogens with zero attached hydrogens (tertiary/aromatic N) is 1. The summed E-state index contributed by atoms with van der Waals surface area (Å²) < 4.78 is 0. The zero-order valence-corrected chi connectivity index (χ0v) is 10.4. The van der Waals surface area contributed by atoms with E-state index in [2.05, 4.69) is 31.3 Å². The van der Waals surface area contributed by atoms with Gasteiger partial charge in [0.25, 0.3) is 0 Å². The van der Waals surface area contributed by atoms with Gasteiger partial charge in [-0.25, -0.2) is 0 Å². The van der Waals surface area contributed by atoms with Crippen molar-refractivity contribution in [2.45, 2.75) is 40.0 Å². The Morgan fingerprint density at radius 3 is 2.73 bits per heavy atom. The Morgan fingerprint density at radius 1 is 1.53 bits per heavy atom. The predicted molar refractivity (Wildman–Crippen MR) is 68.7 cm³/mol. The van der Waals surface area contributed by atoms with Crippen molar-refractivity contribution in [1.29, 1.82) is 0 Å². The number of rotatable bonds is 1.